The number of methoxy groups -OCH3 is 1. The lowest BCUT2D eigenvalue weighted by Gasteiger charge is -2.10. The Morgan fingerprint density at radius 1 is 1.13 bits per heavy atom. The number of benzene rings is 2. The van der Waals surface area contributed by atoms with E-state index in [1.54, 1.807) is 36.4 Å². The van der Waals surface area contributed by atoms with E-state index >= 15 is 0 Å². The minimum absolute atomic E-state index is 0.0212. The minimum Gasteiger partial charge on any atom is -0.508 e. The Balaban J connectivity index is 2.06. The molecular formula is C21H17N5O5. The Labute approximate surface area is 175 Å². The number of aromatic nitrogens is 4. The number of amides is 2. The molecule has 0 bridgehead atoms. The summed E-state index contributed by atoms with van der Waals surface area (Å²) in [5, 5.41) is 12.0. The molecule has 0 aliphatic rings. The van der Waals surface area contributed by atoms with E-state index in [1.807, 2.05) is 0 Å². The third-order valence-corrected chi connectivity index (χ3v) is 4.47. The quantitative estimate of drug-likeness (QED) is 0.458. The summed E-state index contributed by atoms with van der Waals surface area (Å²) in [4.78, 5) is 48.3. The molecule has 0 aliphatic carbocycles. The van der Waals surface area contributed by atoms with Crippen molar-refractivity contribution in [2.24, 2.45) is 0 Å². The number of nitrogens with zero attached hydrogens (tertiary/aromatic N) is 3. The number of hydrogen-bond donors (Lipinski definition) is 3. The van der Waals surface area contributed by atoms with Crippen molar-refractivity contribution in [3.8, 4) is 28.6 Å². The number of aromatic amines is 1. The van der Waals surface area contributed by atoms with Crippen LogP contribution >= 0.6 is 0 Å². The number of aromatic hydroxyl groups is 1. The maximum atomic E-state index is 12.9. The highest BCUT2D eigenvalue weighted by molar-refractivity contribution is 6.09. The first-order valence-corrected chi connectivity index (χ1v) is 9.16. The standard InChI is InChI=1S/C21H17N5O5/c1-11(27)22-20(29)17-16-19(25-18(23-17)12-6-5-7-13(28)10-12)26(21(30)24-16)14-8-3-4-9-15(14)31-2/h3-10,28H,1-2H3,(H,24,30)(H,22,27,29). The van der Waals surface area contributed by atoms with E-state index in [1.165, 1.54) is 30.7 Å². The molecule has 2 amide bonds. The number of ether oxygens (including phenoxy) is 1. The molecule has 4 rings (SSSR count). The predicted molar refractivity (Wildman–Crippen MR) is 111 cm³/mol. The van der Waals surface area contributed by atoms with E-state index in [2.05, 4.69) is 20.3 Å². The molecule has 2 aromatic heterocycles. The summed E-state index contributed by atoms with van der Waals surface area (Å²) in [7, 11) is 1.47. The molecule has 0 saturated heterocycles. The first-order chi connectivity index (χ1) is 14.9. The summed E-state index contributed by atoms with van der Waals surface area (Å²) in [5.41, 5.74) is 0.219. The molecule has 0 fully saturated rings. The van der Waals surface area contributed by atoms with Crippen molar-refractivity contribution in [1.82, 2.24) is 24.8 Å². The van der Waals surface area contributed by atoms with Crippen molar-refractivity contribution < 1.29 is 19.4 Å². The van der Waals surface area contributed by atoms with E-state index in [4.69, 9.17) is 4.74 Å². The summed E-state index contributed by atoms with van der Waals surface area (Å²) in [6, 6.07) is 13.0. The summed E-state index contributed by atoms with van der Waals surface area (Å²) in [6.45, 7) is 1.19. The summed E-state index contributed by atoms with van der Waals surface area (Å²) >= 11 is 0. The lowest BCUT2D eigenvalue weighted by atomic mass is 10.2. The second-order valence-electron chi connectivity index (χ2n) is 6.59. The molecule has 3 N–H and O–H groups in total. The zero-order chi connectivity index (χ0) is 22.1. The SMILES string of the molecule is COc1ccccc1-n1c(=O)[nH]c2c(C(=O)NC(C)=O)nc(-c3cccc(O)c3)nc21. The molecule has 0 spiro atoms. The fourth-order valence-electron chi connectivity index (χ4n) is 3.18. The third kappa shape index (κ3) is 3.62. The average molecular weight is 419 g/mol. The van der Waals surface area contributed by atoms with E-state index in [0.29, 0.717) is 17.0 Å². The van der Waals surface area contributed by atoms with Crippen molar-refractivity contribution in [1.29, 1.82) is 0 Å². The van der Waals surface area contributed by atoms with Gasteiger partial charge in [-0.05, 0) is 24.3 Å². The van der Waals surface area contributed by atoms with E-state index in [0.717, 1.165) is 0 Å². The van der Waals surface area contributed by atoms with Gasteiger partial charge < -0.3 is 14.8 Å². The first kappa shape index (κ1) is 19.8. The zero-order valence-corrected chi connectivity index (χ0v) is 16.5. The summed E-state index contributed by atoms with van der Waals surface area (Å²) in [5.74, 6) is -0.901. The van der Waals surface area contributed by atoms with Crippen LogP contribution in [-0.2, 0) is 4.79 Å². The Kier molecular flexibility index (Phi) is 4.96. The normalized spacial score (nSPS) is 10.8. The topological polar surface area (TPSA) is 139 Å². The van der Waals surface area contributed by atoms with E-state index < -0.39 is 17.5 Å². The molecular weight excluding hydrogens is 402 g/mol. The van der Waals surface area contributed by atoms with Crippen LogP contribution in [0.25, 0.3) is 28.2 Å². The predicted octanol–water partition coefficient (Wildman–Crippen LogP) is 1.77. The van der Waals surface area contributed by atoms with Crippen LogP contribution in [0.3, 0.4) is 0 Å². The molecule has 156 valence electrons. The summed E-state index contributed by atoms with van der Waals surface area (Å²) < 4.78 is 6.62. The van der Waals surface area contributed by atoms with Crippen LogP contribution in [0.1, 0.15) is 17.4 Å². The Morgan fingerprint density at radius 3 is 2.61 bits per heavy atom. The number of phenols is 1. The number of para-hydroxylation sites is 2. The van der Waals surface area contributed by atoms with Crippen molar-refractivity contribution in [3.63, 3.8) is 0 Å². The largest absolute Gasteiger partial charge is 0.508 e. The number of carbonyl (C=O) groups excluding carboxylic acids is 2. The fourth-order valence-corrected chi connectivity index (χ4v) is 3.18. The summed E-state index contributed by atoms with van der Waals surface area (Å²) in [6.07, 6.45) is 0. The van der Waals surface area contributed by atoms with Crippen LogP contribution in [-0.4, -0.2) is 43.5 Å². The van der Waals surface area contributed by atoms with Gasteiger partial charge in [-0.25, -0.2) is 19.3 Å². The fraction of sp³-hybridized carbons (Fsp3) is 0.0952. The van der Waals surface area contributed by atoms with Crippen LogP contribution in [0.15, 0.2) is 53.3 Å². The van der Waals surface area contributed by atoms with Crippen LogP contribution < -0.4 is 15.7 Å². The van der Waals surface area contributed by atoms with Gasteiger partial charge in [0.15, 0.2) is 17.2 Å². The van der Waals surface area contributed by atoms with Gasteiger partial charge in [0, 0.05) is 12.5 Å². The van der Waals surface area contributed by atoms with Gasteiger partial charge in [0.25, 0.3) is 5.91 Å². The molecule has 2 aromatic carbocycles. The Hall–Kier alpha value is -4.47. The lowest BCUT2D eigenvalue weighted by Crippen LogP contribution is -2.29. The first-order valence-electron chi connectivity index (χ1n) is 9.16. The number of imidazole rings is 1. The highest BCUT2D eigenvalue weighted by Gasteiger charge is 2.23. The molecule has 2 heterocycles. The molecule has 10 nitrogen and oxygen atoms in total. The molecule has 31 heavy (non-hydrogen) atoms. The Bertz CT molecular complexity index is 1390. The van der Waals surface area contributed by atoms with Gasteiger partial charge in [0.05, 0.1) is 12.8 Å². The lowest BCUT2D eigenvalue weighted by molar-refractivity contribution is -0.118. The Morgan fingerprint density at radius 2 is 1.90 bits per heavy atom. The van der Waals surface area contributed by atoms with Gasteiger partial charge in [-0.1, -0.05) is 24.3 Å². The highest BCUT2D eigenvalue weighted by Crippen LogP contribution is 2.27. The van der Waals surface area contributed by atoms with Crippen molar-refractivity contribution >= 4 is 23.0 Å². The molecule has 0 radical (unpaired) electrons. The second kappa shape index (κ2) is 7.75. The number of H-pyrrole nitrogens is 1. The maximum Gasteiger partial charge on any atom is 0.332 e. The van der Waals surface area contributed by atoms with Gasteiger partial charge in [-0.2, -0.15) is 0 Å². The molecule has 0 aliphatic heterocycles. The highest BCUT2D eigenvalue weighted by atomic mass is 16.5. The number of rotatable bonds is 4. The zero-order valence-electron chi connectivity index (χ0n) is 16.5. The van der Waals surface area contributed by atoms with Gasteiger partial charge in [0.2, 0.25) is 5.91 Å². The maximum absolute atomic E-state index is 12.9. The molecule has 10 heteroatoms. The number of imide groups is 1. The smallest absolute Gasteiger partial charge is 0.332 e. The third-order valence-electron chi connectivity index (χ3n) is 4.47. The van der Waals surface area contributed by atoms with Crippen LogP contribution in [0.4, 0.5) is 0 Å². The molecule has 0 saturated carbocycles. The number of hydrogen-bond acceptors (Lipinski definition) is 7. The second-order valence-corrected chi connectivity index (χ2v) is 6.59. The van der Waals surface area contributed by atoms with Crippen LogP contribution in [0, 0.1) is 0 Å². The van der Waals surface area contributed by atoms with Crippen molar-refractivity contribution in [2.45, 2.75) is 6.92 Å². The van der Waals surface area contributed by atoms with Gasteiger partial charge >= 0.3 is 5.69 Å². The van der Waals surface area contributed by atoms with Gasteiger partial charge in [-0.3, -0.25) is 14.9 Å². The molecule has 4 aromatic rings. The molecule has 0 unspecified atom stereocenters. The van der Waals surface area contributed by atoms with Crippen molar-refractivity contribution in [3.05, 3.63) is 64.7 Å². The number of phenolic OH excluding ortho intramolecular Hbond substituents is 1. The van der Waals surface area contributed by atoms with E-state index in [9.17, 15) is 19.5 Å². The van der Waals surface area contributed by atoms with Crippen LogP contribution in [0.5, 0.6) is 11.5 Å². The number of carbonyl (C=O) groups is 2. The van der Waals surface area contributed by atoms with E-state index in [-0.39, 0.29) is 28.4 Å². The average Bonchev–Trinajstić information content (AvgIpc) is 3.07. The number of fused-ring (bicyclic) bond motifs is 1. The number of nitrogens with one attached hydrogen (secondary N) is 2. The van der Waals surface area contributed by atoms with Crippen LogP contribution in [0.2, 0.25) is 0 Å². The van der Waals surface area contributed by atoms with Crippen molar-refractivity contribution in [2.75, 3.05) is 7.11 Å². The molecule has 0 atom stereocenters. The van der Waals surface area contributed by atoms with Gasteiger partial charge in [0.1, 0.15) is 17.0 Å². The minimum atomic E-state index is -0.797. The monoisotopic (exact) mass is 419 g/mol. The van der Waals surface area contributed by atoms with Gasteiger partial charge in [-0.15, -0.1) is 0 Å².